The zero-order chi connectivity index (χ0) is 14.7. The van der Waals surface area contributed by atoms with Crippen molar-refractivity contribution < 1.29 is 24.5 Å². The van der Waals surface area contributed by atoms with Gasteiger partial charge in [0.2, 0.25) is 0 Å². The Morgan fingerprint density at radius 1 is 1.25 bits per heavy atom. The average molecular weight is 279 g/mol. The lowest BCUT2D eigenvalue weighted by Gasteiger charge is -2.38. The summed E-state index contributed by atoms with van der Waals surface area (Å²) in [5.74, 6) is -1.37. The Morgan fingerprint density at radius 3 is 2.45 bits per heavy atom. The van der Waals surface area contributed by atoms with Gasteiger partial charge in [0.15, 0.2) is 0 Å². The summed E-state index contributed by atoms with van der Waals surface area (Å²) in [4.78, 5) is 23.4. The number of ether oxygens (including phenoxy) is 1. The molecule has 6 heteroatoms. The summed E-state index contributed by atoms with van der Waals surface area (Å²) < 4.78 is 5.60. The van der Waals surface area contributed by atoms with E-state index in [4.69, 9.17) is 14.9 Å². The molecule has 0 aliphatic carbocycles. The van der Waals surface area contributed by atoms with Crippen molar-refractivity contribution in [1.82, 2.24) is 4.90 Å². The molecule has 0 spiro atoms. The van der Waals surface area contributed by atoms with Crippen LogP contribution < -0.4 is 4.74 Å². The van der Waals surface area contributed by atoms with Gasteiger partial charge in [-0.25, -0.2) is 0 Å². The zero-order valence-electron chi connectivity index (χ0n) is 11.2. The van der Waals surface area contributed by atoms with Crippen LogP contribution in [0.15, 0.2) is 24.3 Å². The van der Waals surface area contributed by atoms with E-state index < -0.39 is 11.9 Å². The van der Waals surface area contributed by atoms with Crippen LogP contribution in [-0.2, 0) is 9.59 Å². The van der Waals surface area contributed by atoms with Gasteiger partial charge < -0.3 is 14.9 Å². The Bertz CT molecular complexity index is 500. The molecule has 2 rings (SSSR count). The molecule has 1 heterocycles. The van der Waals surface area contributed by atoms with Gasteiger partial charge in [-0.3, -0.25) is 14.5 Å². The van der Waals surface area contributed by atoms with E-state index in [0.717, 1.165) is 5.56 Å². The molecule has 1 aliphatic rings. The van der Waals surface area contributed by atoms with Crippen LogP contribution in [0.5, 0.6) is 5.75 Å². The summed E-state index contributed by atoms with van der Waals surface area (Å²) in [5, 5.41) is 18.0. The topological polar surface area (TPSA) is 87.1 Å². The molecule has 0 aromatic heterocycles. The first-order chi connectivity index (χ1) is 9.49. The molecule has 0 amide bonds. The molecule has 2 atom stereocenters. The van der Waals surface area contributed by atoms with Crippen molar-refractivity contribution >= 4 is 11.9 Å². The lowest BCUT2D eigenvalue weighted by atomic mass is 9.90. The van der Waals surface area contributed by atoms with E-state index in [9.17, 15) is 9.59 Å². The standard InChI is InChI=1S/C14H17NO5/c1-9-8-20-11-5-3-2-4-10(11)14(9)15(6-12(16)17)7-13(18)19/h2-5,9,14H,6-8H2,1H3,(H,16,17)(H,18,19). The maximum Gasteiger partial charge on any atom is 0.317 e. The summed E-state index contributed by atoms with van der Waals surface area (Å²) >= 11 is 0. The van der Waals surface area contributed by atoms with Gasteiger partial charge in [-0.2, -0.15) is 0 Å². The van der Waals surface area contributed by atoms with Crippen molar-refractivity contribution in [1.29, 1.82) is 0 Å². The van der Waals surface area contributed by atoms with Gasteiger partial charge in [-0.1, -0.05) is 25.1 Å². The van der Waals surface area contributed by atoms with Crippen molar-refractivity contribution in [3.05, 3.63) is 29.8 Å². The van der Waals surface area contributed by atoms with Gasteiger partial charge in [0.05, 0.1) is 19.7 Å². The quantitative estimate of drug-likeness (QED) is 0.843. The van der Waals surface area contributed by atoms with E-state index >= 15 is 0 Å². The van der Waals surface area contributed by atoms with E-state index in [0.29, 0.717) is 12.4 Å². The highest BCUT2D eigenvalue weighted by molar-refractivity contribution is 5.72. The smallest absolute Gasteiger partial charge is 0.317 e. The predicted octanol–water partition coefficient (Wildman–Crippen LogP) is 1.23. The lowest BCUT2D eigenvalue weighted by molar-refractivity contribution is -0.143. The van der Waals surface area contributed by atoms with Gasteiger partial charge in [-0.15, -0.1) is 0 Å². The number of hydrogen-bond donors (Lipinski definition) is 2. The molecular formula is C14H17NO5. The molecule has 1 aromatic rings. The van der Waals surface area contributed by atoms with Crippen LogP contribution in [0.2, 0.25) is 0 Å². The fourth-order valence-corrected chi connectivity index (χ4v) is 2.63. The first-order valence-electron chi connectivity index (χ1n) is 6.38. The van der Waals surface area contributed by atoms with Crippen molar-refractivity contribution in [2.45, 2.75) is 13.0 Å². The number of fused-ring (bicyclic) bond motifs is 1. The van der Waals surface area contributed by atoms with Gasteiger partial charge in [0, 0.05) is 17.5 Å². The number of carbonyl (C=O) groups is 2. The highest BCUT2D eigenvalue weighted by Gasteiger charge is 2.34. The lowest BCUT2D eigenvalue weighted by Crippen LogP contribution is -2.43. The number of hydrogen-bond acceptors (Lipinski definition) is 4. The molecule has 0 radical (unpaired) electrons. The summed E-state index contributed by atoms with van der Waals surface area (Å²) in [6.45, 7) is 1.75. The Balaban J connectivity index is 2.35. The van der Waals surface area contributed by atoms with Crippen molar-refractivity contribution in [2.75, 3.05) is 19.7 Å². The minimum absolute atomic E-state index is 0.0172. The fraction of sp³-hybridized carbons (Fsp3) is 0.429. The first kappa shape index (κ1) is 14.3. The number of carboxylic acids is 2. The van der Waals surface area contributed by atoms with E-state index in [1.165, 1.54) is 4.90 Å². The monoisotopic (exact) mass is 279 g/mol. The number of nitrogens with zero attached hydrogens (tertiary/aromatic N) is 1. The van der Waals surface area contributed by atoms with E-state index in [2.05, 4.69) is 0 Å². The molecule has 1 aromatic carbocycles. The zero-order valence-corrected chi connectivity index (χ0v) is 11.2. The van der Waals surface area contributed by atoms with E-state index in [-0.39, 0.29) is 25.0 Å². The largest absolute Gasteiger partial charge is 0.493 e. The van der Waals surface area contributed by atoms with Gasteiger partial charge in [0.1, 0.15) is 5.75 Å². The summed E-state index contributed by atoms with van der Waals surface area (Å²) in [7, 11) is 0. The maximum atomic E-state index is 11.0. The maximum absolute atomic E-state index is 11.0. The highest BCUT2D eigenvalue weighted by Crippen LogP contribution is 2.38. The van der Waals surface area contributed by atoms with Crippen LogP contribution >= 0.6 is 0 Å². The normalized spacial score (nSPS) is 21.1. The highest BCUT2D eigenvalue weighted by atomic mass is 16.5. The van der Waals surface area contributed by atoms with Crippen LogP contribution in [0.3, 0.4) is 0 Å². The third-order valence-electron chi connectivity index (χ3n) is 3.35. The minimum Gasteiger partial charge on any atom is -0.493 e. The molecule has 0 saturated heterocycles. The second-order valence-corrected chi connectivity index (χ2v) is 4.96. The second-order valence-electron chi connectivity index (χ2n) is 4.96. The second kappa shape index (κ2) is 5.92. The molecular weight excluding hydrogens is 262 g/mol. The van der Waals surface area contributed by atoms with Crippen LogP contribution in [-0.4, -0.2) is 46.7 Å². The third-order valence-corrected chi connectivity index (χ3v) is 3.35. The van der Waals surface area contributed by atoms with Gasteiger partial charge >= 0.3 is 11.9 Å². The molecule has 2 unspecified atom stereocenters. The Labute approximate surface area is 116 Å². The van der Waals surface area contributed by atoms with Crippen molar-refractivity contribution in [2.24, 2.45) is 5.92 Å². The number of benzene rings is 1. The predicted molar refractivity (Wildman–Crippen MR) is 70.7 cm³/mol. The number of carboxylic acid groups (broad SMARTS) is 2. The van der Waals surface area contributed by atoms with Crippen molar-refractivity contribution in [3.63, 3.8) is 0 Å². The first-order valence-corrected chi connectivity index (χ1v) is 6.38. The van der Waals surface area contributed by atoms with E-state index in [1.807, 2.05) is 31.2 Å². The molecule has 1 aliphatic heterocycles. The van der Waals surface area contributed by atoms with Crippen LogP contribution in [0.25, 0.3) is 0 Å². The van der Waals surface area contributed by atoms with Crippen LogP contribution in [0, 0.1) is 5.92 Å². The van der Waals surface area contributed by atoms with Crippen LogP contribution in [0.4, 0.5) is 0 Å². The molecule has 0 fully saturated rings. The third kappa shape index (κ3) is 3.08. The number of rotatable bonds is 5. The van der Waals surface area contributed by atoms with Crippen LogP contribution in [0.1, 0.15) is 18.5 Å². The molecule has 108 valence electrons. The minimum atomic E-state index is -1.04. The van der Waals surface area contributed by atoms with Gasteiger partial charge in [0.25, 0.3) is 0 Å². The fourth-order valence-electron chi connectivity index (χ4n) is 2.63. The Morgan fingerprint density at radius 2 is 1.85 bits per heavy atom. The molecule has 6 nitrogen and oxygen atoms in total. The summed E-state index contributed by atoms with van der Waals surface area (Å²) in [6, 6.07) is 7.07. The molecule has 2 N–H and O–H groups in total. The molecule has 0 bridgehead atoms. The Hall–Kier alpha value is -2.08. The SMILES string of the molecule is CC1COc2ccccc2C1N(CC(=O)O)CC(=O)O. The average Bonchev–Trinajstić information content (AvgIpc) is 2.36. The van der Waals surface area contributed by atoms with Gasteiger partial charge in [-0.05, 0) is 6.07 Å². The Kier molecular flexibility index (Phi) is 4.24. The molecule has 0 saturated carbocycles. The number of aliphatic carboxylic acids is 2. The van der Waals surface area contributed by atoms with Crippen molar-refractivity contribution in [3.8, 4) is 5.75 Å². The summed E-state index contributed by atoms with van der Waals surface area (Å²) in [6.07, 6.45) is 0. The molecule has 20 heavy (non-hydrogen) atoms. The van der Waals surface area contributed by atoms with E-state index in [1.54, 1.807) is 0 Å². The summed E-state index contributed by atoms with van der Waals surface area (Å²) in [5.41, 5.74) is 0.841. The number of para-hydroxylation sites is 1.